The molecule has 5 nitrogen and oxygen atoms in total. The lowest BCUT2D eigenvalue weighted by molar-refractivity contribution is 0.0690. The third-order valence-electron chi connectivity index (χ3n) is 4.44. The molecule has 0 amide bonds. The second-order valence-electron chi connectivity index (χ2n) is 6.39. The van der Waals surface area contributed by atoms with Crippen molar-refractivity contribution in [3.63, 3.8) is 0 Å². The molecule has 2 N–H and O–H groups in total. The Kier molecular flexibility index (Phi) is 9.35. The third kappa shape index (κ3) is 5.92. The van der Waals surface area contributed by atoms with Crippen LogP contribution in [0.3, 0.4) is 0 Å². The molecule has 0 saturated carbocycles. The predicted molar refractivity (Wildman–Crippen MR) is 99.0 cm³/mol. The maximum atomic E-state index is 11.9. The van der Waals surface area contributed by atoms with Gasteiger partial charge in [0.1, 0.15) is 17.1 Å². The highest BCUT2D eigenvalue weighted by molar-refractivity contribution is 5.94. The minimum absolute atomic E-state index is 0.143. The number of benzene rings is 1. The van der Waals surface area contributed by atoms with Crippen molar-refractivity contribution in [2.45, 2.75) is 71.3 Å². The lowest BCUT2D eigenvalue weighted by atomic mass is 9.93. The number of ether oxygens (including phenoxy) is 2. The Hall–Kier alpha value is -1.75. The molecule has 25 heavy (non-hydrogen) atoms. The lowest BCUT2D eigenvalue weighted by Crippen LogP contribution is -2.16. The highest BCUT2D eigenvalue weighted by Gasteiger charge is 2.25. The molecule has 0 saturated heterocycles. The summed E-state index contributed by atoms with van der Waals surface area (Å²) < 4.78 is 10.9. The Morgan fingerprint density at radius 3 is 2.32 bits per heavy atom. The van der Waals surface area contributed by atoms with Gasteiger partial charge in [-0.2, -0.15) is 0 Å². The quantitative estimate of drug-likeness (QED) is 0.551. The number of carbonyl (C=O) groups is 1. The Morgan fingerprint density at radius 1 is 1.12 bits per heavy atom. The number of carboxylic acid groups (broad SMARTS) is 1. The van der Waals surface area contributed by atoms with Crippen LogP contribution in [0, 0.1) is 0 Å². The molecule has 1 aromatic carbocycles. The largest absolute Gasteiger partial charge is 0.496 e. The summed E-state index contributed by atoms with van der Waals surface area (Å²) in [6.45, 7) is 4.19. The molecule has 0 heterocycles. The van der Waals surface area contributed by atoms with Crippen LogP contribution in [0.5, 0.6) is 11.5 Å². The number of carboxylic acids is 1. The maximum absolute atomic E-state index is 11.9. The second-order valence-corrected chi connectivity index (χ2v) is 6.39. The van der Waals surface area contributed by atoms with Crippen molar-refractivity contribution in [1.29, 1.82) is 0 Å². The number of unbranched alkanes of at least 4 members (excludes halogenated alkanes) is 3. The number of rotatable bonds is 12. The summed E-state index contributed by atoms with van der Waals surface area (Å²) in [5.41, 5.74) is 1.49. The van der Waals surface area contributed by atoms with E-state index < -0.39 is 12.1 Å². The Morgan fingerprint density at radius 2 is 1.80 bits per heavy atom. The fourth-order valence-corrected chi connectivity index (χ4v) is 3.11. The normalized spacial score (nSPS) is 12.0. The number of hydrogen-bond donors (Lipinski definition) is 2. The average Bonchev–Trinajstić information content (AvgIpc) is 2.59. The van der Waals surface area contributed by atoms with Gasteiger partial charge in [-0.05, 0) is 37.3 Å². The zero-order valence-electron chi connectivity index (χ0n) is 15.9. The van der Waals surface area contributed by atoms with Crippen molar-refractivity contribution in [1.82, 2.24) is 0 Å². The van der Waals surface area contributed by atoms with Crippen LogP contribution in [0.2, 0.25) is 0 Å². The standard InChI is InChI=1S/C20H32O5/c1-5-7-9-10-15(21)12-14-13-17(24-3)16(11-8-6-2)19(25-4)18(14)20(22)23/h13,15,21H,5-12H2,1-4H3,(H,22,23). The van der Waals surface area contributed by atoms with Crippen LogP contribution in [0.4, 0.5) is 0 Å². The van der Waals surface area contributed by atoms with Gasteiger partial charge in [0, 0.05) is 5.56 Å². The number of aliphatic hydroxyl groups excluding tert-OH is 1. The van der Waals surface area contributed by atoms with E-state index in [0.717, 1.165) is 37.7 Å². The number of methoxy groups -OCH3 is 2. The molecule has 0 fully saturated rings. The summed E-state index contributed by atoms with van der Waals surface area (Å²) in [6, 6.07) is 1.75. The van der Waals surface area contributed by atoms with Gasteiger partial charge < -0.3 is 19.7 Å². The van der Waals surface area contributed by atoms with Crippen molar-refractivity contribution in [3.05, 3.63) is 22.8 Å². The van der Waals surface area contributed by atoms with Gasteiger partial charge in [0.15, 0.2) is 0 Å². The maximum Gasteiger partial charge on any atom is 0.339 e. The van der Waals surface area contributed by atoms with Crippen LogP contribution in [-0.4, -0.2) is 36.5 Å². The summed E-state index contributed by atoms with van der Waals surface area (Å²) in [5, 5.41) is 20.0. The molecule has 0 aliphatic rings. The summed E-state index contributed by atoms with van der Waals surface area (Å²) in [7, 11) is 3.06. The molecule has 1 atom stereocenters. The van der Waals surface area contributed by atoms with E-state index in [-0.39, 0.29) is 12.0 Å². The summed E-state index contributed by atoms with van der Waals surface area (Å²) in [6.07, 6.45) is 6.07. The summed E-state index contributed by atoms with van der Waals surface area (Å²) >= 11 is 0. The number of aromatic carboxylic acids is 1. The Bertz CT molecular complexity index is 554. The first-order valence-corrected chi connectivity index (χ1v) is 9.18. The zero-order valence-corrected chi connectivity index (χ0v) is 15.9. The topological polar surface area (TPSA) is 76.0 Å². The summed E-state index contributed by atoms with van der Waals surface area (Å²) in [5.74, 6) is -0.0462. The minimum atomic E-state index is -1.03. The van der Waals surface area contributed by atoms with E-state index in [1.165, 1.54) is 7.11 Å². The van der Waals surface area contributed by atoms with E-state index in [0.29, 0.717) is 29.9 Å². The van der Waals surface area contributed by atoms with E-state index >= 15 is 0 Å². The van der Waals surface area contributed by atoms with Crippen LogP contribution in [0.15, 0.2) is 6.07 Å². The van der Waals surface area contributed by atoms with Crippen molar-refractivity contribution < 1.29 is 24.5 Å². The Balaban J connectivity index is 3.24. The van der Waals surface area contributed by atoms with Crippen LogP contribution < -0.4 is 9.47 Å². The first-order valence-electron chi connectivity index (χ1n) is 9.18. The van der Waals surface area contributed by atoms with Gasteiger partial charge in [-0.25, -0.2) is 4.79 Å². The molecule has 0 aliphatic carbocycles. The molecule has 1 aromatic rings. The van der Waals surface area contributed by atoms with Crippen LogP contribution in [0.1, 0.15) is 73.9 Å². The highest BCUT2D eigenvalue weighted by atomic mass is 16.5. The van der Waals surface area contributed by atoms with E-state index in [9.17, 15) is 15.0 Å². The molecular weight excluding hydrogens is 320 g/mol. The molecule has 0 aliphatic heterocycles. The lowest BCUT2D eigenvalue weighted by Gasteiger charge is -2.20. The van der Waals surface area contributed by atoms with E-state index in [1.54, 1.807) is 13.2 Å². The molecule has 0 aromatic heterocycles. The van der Waals surface area contributed by atoms with Gasteiger partial charge in [-0.3, -0.25) is 0 Å². The Labute approximate surface area is 151 Å². The molecule has 1 rings (SSSR count). The monoisotopic (exact) mass is 352 g/mol. The minimum Gasteiger partial charge on any atom is -0.496 e. The average molecular weight is 352 g/mol. The van der Waals surface area contributed by atoms with Gasteiger partial charge in [-0.1, -0.05) is 39.5 Å². The molecule has 142 valence electrons. The van der Waals surface area contributed by atoms with E-state index in [4.69, 9.17) is 9.47 Å². The van der Waals surface area contributed by atoms with Crippen molar-refractivity contribution in [2.24, 2.45) is 0 Å². The van der Waals surface area contributed by atoms with Gasteiger partial charge in [-0.15, -0.1) is 0 Å². The van der Waals surface area contributed by atoms with Crippen molar-refractivity contribution in [2.75, 3.05) is 14.2 Å². The molecular formula is C20H32O5. The predicted octanol–water partition coefficient (Wildman–Crippen LogP) is 4.23. The molecule has 0 bridgehead atoms. The number of aliphatic hydroxyl groups is 1. The second kappa shape index (κ2) is 11.0. The van der Waals surface area contributed by atoms with E-state index in [2.05, 4.69) is 13.8 Å². The molecule has 0 radical (unpaired) electrons. The van der Waals surface area contributed by atoms with Gasteiger partial charge in [0.2, 0.25) is 0 Å². The molecule has 5 heteroatoms. The SMILES string of the molecule is CCCCCC(O)Cc1cc(OC)c(CCCC)c(OC)c1C(=O)O. The van der Waals surface area contributed by atoms with Crippen LogP contribution >= 0.6 is 0 Å². The van der Waals surface area contributed by atoms with Gasteiger partial charge >= 0.3 is 5.97 Å². The third-order valence-corrected chi connectivity index (χ3v) is 4.44. The summed E-state index contributed by atoms with van der Waals surface area (Å²) in [4.78, 5) is 11.9. The molecule has 0 spiro atoms. The fourth-order valence-electron chi connectivity index (χ4n) is 3.11. The van der Waals surface area contributed by atoms with Gasteiger partial charge in [0.05, 0.1) is 20.3 Å². The highest BCUT2D eigenvalue weighted by Crippen LogP contribution is 2.37. The van der Waals surface area contributed by atoms with Gasteiger partial charge in [0.25, 0.3) is 0 Å². The van der Waals surface area contributed by atoms with E-state index in [1.807, 2.05) is 0 Å². The fraction of sp³-hybridized carbons (Fsp3) is 0.650. The van der Waals surface area contributed by atoms with Crippen molar-refractivity contribution in [3.8, 4) is 11.5 Å². The zero-order chi connectivity index (χ0) is 18.8. The van der Waals surface area contributed by atoms with Crippen molar-refractivity contribution >= 4 is 5.97 Å². The first kappa shape index (κ1) is 21.3. The smallest absolute Gasteiger partial charge is 0.339 e. The van der Waals surface area contributed by atoms with Crippen LogP contribution in [0.25, 0.3) is 0 Å². The molecule has 1 unspecified atom stereocenters. The first-order chi connectivity index (χ1) is 12.0. The number of hydrogen-bond acceptors (Lipinski definition) is 4. The van der Waals surface area contributed by atoms with Crippen LogP contribution in [-0.2, 0) is 12.8 Å².